The van der Waals surface area contributed by atoms with Crippen LogP contribution >= 0.6 is 0 Å². The number of rotatable bonds is 5. The fourth-order valence-corrected chi connectivity index (χ4v) is 4.47. The van der Waals surface area contributed by atoms with Crippen LogP contribution < -0.4 is 10.2 Å². The molecule has 1 aromatic heterocycles. The molecule has 220 valence electrons. The molecule has 1 aliphatic heterocycles. The van der Waals surface area contributed by atoms with E-state index < -0.39 is 76.6 Å². The molecule has 1 aliphatic rings. The fourth-order valence-electron chi connectivity index (χ4n) is 4.47. The molecule has 4 aromatic rings. The quantitative estimate of drug-likeness (QED) is 0.123. The van der Waals surface area contributed by atoms with Gasteiger partial charge < -0.3 is 59.5 Å². The molecule has 5 atom stereocenters. The highest BCUT2D eigenvalue weighted by Gasteiger charge is 2.47. The molecule has 0 bridgehead atoms. The number of hydrogen-bond donors (Lipinski definition) is 8. The summed E-state index contributed by atoms with van der Waals surface area (Å²) in [6.45, 7) is 1.37. The summed E-state index contributed by atoms with van der Waals surface area (Å²) >= 11 is 0. The zero-order chi connectivity index (χ0) is 30.5. The standard InChI is InChI=1S/C28H24O14/c1-10-24(41-27(38)12-6-16(32)20(34)17(33)7-12)22(36)23(37)28(39-10)42-26-21(35)19-15(31)8-14(30)9-18(19)40-25(26)11-2-4-13(29)5-3-11/h2-10,22-24,28-34,36-37H,1H3/t10-,22-,23+,24+,28-/m1/s1. The lowest BCUT2D eigenvalue weighted by Crippen LogP contribution is -2.59. The number of hydrogen-bond acceptors (Lipinski definition) is 14. The molecule has 3 aromatic carbocycles. The van der Waals surface area contributed by atoms with Gasteiger partial charge in [0.2, 0.25) is 17.5 Å². The summed E-state index contributed by atoms with van der Waals surface area (Å²) in [6.07, 6.45) is -8.15. The molecular formula is C28H24O14. The van der Waals surface area contributed by atoms with Crippen LogP contribution in [0.4, 0.5) is 0 Å². The van der Waals surface area contributed by atoms with Crippen LogP contribution in [-0.4, -0.2) is 77.5 Å². The van der Waals surface area contributed by atoms with E-state index in [4.69, 9.17) is 18.6 Å². The molecular weight excluding hydrogens is 560 g/mol. The Kier molecular flexibility index (Phi) is 7.20. The number of fused-ring (bicyclic) bond motifs is 1. The van der Waals surface area contributed by atoms with Gasteiger partial charge in [0.15, 0.2) is 29.1 Å². The van der Waals surface area contributed by atoms with Gasteiger partial charge in [-0.15, -0.1) is 0 Å². The first-order valence-corrected chi connectivity index (χ1v) is 12.3. The summed E-state index contributed by atoms with van der Waals surface area (Å²) in [5, 5.41) is 80.0. The molecule has 2 heterocycles. The van der Waals surface area contributed by atoms with E-state index in [-0.39, 0.29) is 33.6 Å². The zero-order valence-electron chi connectivity index (χ0n) is 21.5. The van der Waals surface area contributed by atoms with Crippen molar-refractivity contribution >= 4 is 16.9 Å². The second kappa shape index (κ2) is 10.7. The van der Waals surface area contributed by atoms with Crippen LogP contribution in [0.1, 0.15) is 17.3 Å². The van der Waals surface area contributed by atoms with Crippen molar-refractivity contribution in [2.75, 3.05) is 0 Å². The fraction of sp³-hybridized carbons (Fsp3) is 0.214. The van der Waals surface area contributed by atoms with Gasteiger partial charge in [-0.25, -0.2) is 4.79 Å². The van der Waals surface area contributed by atoms with E-state index in [0.717, 1.165) is 24.3 Å². The largest absolute Gasteiger partial charge is 0.508 e. The van der Waals surface area contributed by atoms with E-state index in [1.165, 1.54) is 31.2 Å². The molecule has 5 rings (SSSR count). The van der Waals surface area contributed by atoms with Crippen molar-refractivity contribution in [1.29, 1.82) is 0 Å². The summed E-state index contributed by atoms with van der Waals surface area (Å²) in [6, 6.07) is 9.01. The summed E-state index contributed by atoms with van der Waals surface area (Å²) < 4.78 is 22.4. The van der Waals surface area contributed by atoms with Crippen LogP contribution in [0.15, 0.2) is 57.7 Å². The van der Waals surface area contributed by atoms with Crippen LogP contribution in [0.5, 0.6) is 40.2 Å². The van der Waals surface area contributed by atoms with Crippen molar-refractivity contribution in [3.63, 3.8) is 0 Å². The molecule has 0 spiro atoms. The van der Waals surface area contributed by atoms with E-state index in [9.17, 15) is 50.4 Å². The highest BCUT2D eigenvalue weighted by Crippen LogP contribution is 2.38. The van der Waals surface area contributed by atoms with Gasteiger partial charge in [0.1, 0.15) is 40.4 Å². The van der Waals surface area contributed by atoms with E-state index in [2.05, 4.69) is 0 Å². The number of phenolic OH excluding ortho intramolecular Hbond substituents is 6. The smallest absolute Gasteiger partial charge is 0.338 e. The second-order valence-corrected chi connectivity index (χ2v) is 9.52. The van der Waals surface area contributed by atoms with Crippen LogP contribution in [0.2, 0.25) is 0 Å². The van der Waals surface area contributed by atoms with Crippen molar-refractivity contribution in [2.24, 2.45) is 0 Å². The Morgan fingerprint density at radius 2 is 1.48 bits per heavy atom. The lowest BCUT2D eigenvalue weighted by molar-refractivity contribution is -0.267. The molecule has 14 heteroatoms. The van der Waals surface area contributed by atoms with Crippen LogP contribution in [0.3, 0.4) is 0 Å². The van der Waals surface area contributed by atoms with Gasteiger partial charge in [-0.2, -0.15) is 0 Å². The Bertz CT molecular complexity index is 1700. The second-order valence-electron chi connectivity index (χ2n) is 9.52. The first-order valence-electron chi connectivity index (χ1n) is 12.3. The first-order chi connectivity index (χ1) is 19.8. The first kappa shape index (κ1) is 28.4. The average molecular weight is 584 g/mol. The Morgan fingerprint density at radius 3 is 2.12 bits per heavy atom. The molecule has 1 saturated heterocycles. The maximum atomic E-state index is 13.5. The van der Waals surface area contributed by atoms with Crippen LogP contribution in [0, 0.1) is 0 Å². The average Bonchev–Trinajstić information content (AvgIpc) is 2.93. The Balaban J connectivity index is 1.47. The molecule has 0 unspecified atom stereocenters. The Hall–Kier alpha value is -5.18. The van der Waals surface area contributed by atoms with Gasteiger partial charge in [0.05, 0.1) is 11.7 Å². The molecule has 0 radical (unpaired) electrons. The minimum atomic E-state index is -1.92. The van der Waals surface area contributed by atoms with Gasteiger partial charge in [-0.1, -0.05) is 0 Å². The third-order valence-corrected chi connectivity index (χ3v) is 6.61. The SMILES string of the molecule is C[C@H]1O[C@H](Oc2c(-c3ccc(O)cc3)oc3cc(O)cc(O)c3c2=O)[C@@H](O)[C@@H](O)[C@H]1OC(=O)c1cc(O)c(O)c(O)c1. The molecule has 0 amide bonds. The topological polar surface area (TPSA) is 237 Å². The predicted octanol–water partition coefficient (Wildman–Crippen LogP) is 1.76. The van der Waals surface area contributed by atoms with Crippen molar-refractivity contribution in [1.82, 2.24) is 0 Å². The lowest BCUT2D eigenvalue weighted by atomic mass is 9.99. The van der Waals surface area contributed by atoms with E-state index >= 15 is 0 Å². The third-order valence-electron chi connectivity index (χ3n) is 6.61. The van der Waals surface area contributed by atoms with Crippen molar-refractivity contribution in [2.45, 2.75) is 37.6 Å². The lowest BCUT2D eigenvalue weighted by Gasteiger charge is -2.40. The number of ether oxygens (including phenoxy) is 3. The van der Waals surface area contributed by atoms with E-state index in [0.29, 0.717) is 0 Å². The summed E-state index contributed by atoms with van der Waals surface area (Å²) in [4.78, 5) is 26.1. The highest BCUT2D eigenvalue weighted by atomic mass is 16.7. The minimum absolute atomic E-state index is 0.0963. The Labute approximate surface area is 235 Å². The van der Waals surface area contributed by atoms with E-state index in [1.54, 1.807) is 0 Å². The number of esters is 1. The maximum absolute atomic E-state index is 13.5. The predicted molar refractivity (Wildman–Crippen MR) is 141 cm³/mol. The zero-order valence-corrected chi connectivity index (χ0v) is 21.5. The molecule has 0 aliphatic carbocycles. The number of aromatic hydroxyl groups is 6. The number of aliphatic hydroxyl groups is 2. The molecule has 1 fully saturated rings. The number of benzene rings is 3. The third kappa shape index (κ3) is 5.05. The van der Waals surface area contributed by atoms with Gasteiger partial charge in [0.25, 0.3) is 0 Å². The number of phenols is 6. The highest BCUT2D eigenvalue weighted by molar-refractivity contribution is 5.91. The van der Waals surface area contributed by atoms with Gasteiger partial charge in [0, 0.05) is 17.7 Å². The van der Waals surface area contributed by atoms with Gasteiger partial charge in [-0.05, 0) is 43.3 Å². The molecule has 14 nitrogen and oxygen atoms in total. The number of carbonyl (C=O) groups excluding carboxylic acids is 1. The van der Waals surface area contributed by atoms with Gasteiger partial charge >= 0.3 is 5.97 Å². The summed E-state index contributed by atoms with van der Waals surface area (Å²) in [5.41, 5.74) is -1.29. The summed E-state index contributed by atoms with van der Waals surface area (Å²) in [7, 11) is 0. The maximum Gasteiger partial charge on any atom is 0.338 e. The van der Waals surface area contributed by atoms with Crippen molar-refractivity contribution in [3.8, 4) is 51.6 Å². The minimum Gasteiger partial charge on any atom is -0.508 e. The van der Waals surface area contributed by atoms with Gasteiger partial charge in [-0.3, -0.25) is 4.79 Å². The number of aliphatic hydroxyl groups excluding tert-OH is 2. The number of carbonyl (C=O) groups is 1. The monoisotopic (exact) mass is 584 g/mol. The normalized spacial score (nSPS) is 22.1. The molecule has 0 saturated carbocycles. The van der Waals surface area contributed by atoms with Crippen molar-refractivity contribution < 1.29 is 64.3 Å². The molecule has 8 N–H and O–H groups in total. The van der Waals surface area contributed by atoms with Crippen molar-refractivity contribution in [3.05, 3.63) is 64.3 Å². The van der Waals surface area contributed by atoms with E-state index in [1.807, 2.05) is 0 Å². The van der Waals surface area contributed by atoms with Crippen LogP contribution in [0.25, 0.3) is 22.3 Å². The molecule has 42 heavy (non-hydrogen) atoms. The summed E-state index contributed by atoms with van der Waals surface area (Å²) in [5.74, 6) is -5.50. The van der Waals surface area contributed by atoms with Crippen LogP contribution in [-0.2, 0) is 9.47 Å². The Morgan fingerprint density at radius 1 is 0.833 bits per heavy atom.